The Morgan fingerprint density at radius 2 is 1.90 bits per heavy atom. The molecule has 0 radical (unpaired) electrons. The SMILES string of the molecule is Cn1c(CC(=O)Nc2ccccc2F)nnc1SCC(=O)N1CCCc2ccccc21. The summed E-state index contributed by atoms with van der Waals surface area (Å²) in [5.74, 6) is -0.214. The Kier molecular flexibility index (Phi) is 6.31. The second-order valence-electron chi connectivity index (χ2n) is 7.23. The third-order valence-electron chi connectivity index (χ3n) is 5.13. The standard InChI is InChI=1S/C22H22FN5O2S/c1-27-19(13-20(29)24-17-10-4-3-9-16(17)23)25-26-22(27)31-14-21(30)28-12-6-8-15-7-2-5-11-18(15)28/h2-5,7,9-11H,6,8,12-14H2,1H3,(H,24,29). The Hall–Kier alpha value is -3.20. The van der Waals surface area contributed by atoms with E-state index in [-0.39, 0.29) is 23.8 Å². The molecule has 0 fully saturated rings. The molecule has 0 atom stereocenters. The van der Waals surface area contributed by atoms with Crippen molar-refractivity contribution in [1.29, 1.82) is 0 Å². The number of benzene rings is 2. The Bertz CT molecular complexity index is 1120. The first-order valence-corrected chi connectivity index (χ1v) is 10.9. The quantitative estimate of drug-likeness (QED) is 0.597. The minimum atomic E-state index is -0.497. The van der Waals surface area contributed by atoms with Crippen LogP contribution in [0.15, 0.2) is 53.7 Å². The highest BCUT2D eigenvalue weighted by molar-refractivity contribution is 7.99. The van der Waals surface area contributed by atoms with Crippen molar-refractivity contribution in [2.45, 2.75) is 24.4 Å². The first kappa shape index (κ1) is 21.0. The first-order valence-electron chi connectivity index (χ1n) is 9.96. The topological polar surface area (TPSA) is 80.1 Å². The second kappa shape index (κ2) is 9.30. The second-order valence-corrected chi connectivity index (χ2v) is 8.17. The molecule has 1 aliphatic heterocycles. The van der Waals surface area contributed by atoms with E-state index >= 15 is 0 Å². The summed E-state index contributed by atoms with van der Waals surface area (Å²) in [5, 5.41) is 11.2. The number of halogens is 1. The third kappa shape index (κ3) is 4.77. The van der Waals surface area contributed by atoms with Gasteiger partial charge in [-0.2, -0.15) is 0 Å². The lowest BCUT2D eigenvalue weighted by atomic mass is 10.0. The molecule has 7 nitrogen and oxygen atoms in total. The molecular weight excluding hydrogens is 417 g/mol. The van der Waals surface area contributed by atoms with Gasteiger partial charge in [-0.1, -0.05) is 42.1 Å². The van der Waals surface area contributed by atoms with Crippen molar-refractivity contribution in [2.24, 2.45) is 7.05 Å². The maximum Gasteiger partial charge on any atom is 0.237 e. The summed E-state index contributed by atoms with van der Waals surface area (Å²) in [6.45, 7) is 0.705. The Labute approximate surface area is 183 Å². The number of anilines is 2. The van der Waals surface area contributed by atoms with Gasteiger partial charge in [0.1, 0.15) is 11.6 Å². The van der Waals surface area contributed by atoms with Crippen LogP contribution < -0.4 is 10.2 Å². The molecule has 9 heteroatoms. The van der Waals surface area contributed by atoms with Crippen LogP contribution in [0.3, 0.4) is 0 Å². The van der Waals surface area contributed by atoms with Crippen molar-refractivity contribution < 1.29 is 14.0 Å². The zero-order chi connectivity index (χ0) is 21.8. The van der Waals surface area contributed by atoms with Gasteiger partial charge < -0.3 is 14.8 Å². The number of carbonyl (C=O) groups excluding carboxylic acids is 2. The van der Waals surface area contributed by atoms with E-state index in [0.29, 0.717) is 17.5 Å². The van der Waals surface area contributed by atoms with E-state index in [9.17, 15) is 14.0 Å². The summed E-state index contributed by atoms with van der Waals surface area (Å²) in [6, 6.07) is 14.0. The molecule has 31 heavy (non-hydrogen) atoms. The Morgan fingerprint density at radius 3 is 2.74 bits per heavy atom. The number of nitrogens with one attached hydrogen (secondary N) is 1. The average molecular weight is 440 g/mol. The van der Waals surface area contributed by atoms with Gasteiger partial charge in [-0.3, -0.25) is 9.59 Å². The lowest BCUT2D eigenvalue weighted by Gasteiger charge is -2.29. The zero-order valence-electron chi connectivity index (χ0n) is 17.0. The normalized spacial score (nSPS) is 13.0. The third-order valence-corrected chi connectivity index (χ3v) is 6.13. The van der Waals surface area contributed by atoms with Crippen LogP contribution in [0.2, 0.25) is 0 Å². The summed E-state index contributed by atoms with van der Waals surface area (Å²) < 4.78 is 15.4. The molecule has 1 aliphatic rings. The Morgan fingerprint density at radius 1 is 1.13 bits per heavy atom. The van der Waals surface area contributed by atoms with Crippen LogP contribution in [0, 0.1) is 5.82 Å². The largest absolute Gasteiger partial charge is 0.323 e. The molecule has 0 saturated heterocycles. The van der Waals surface area contributed by atoms with E-state index in [1.54, 1.807) is 23.7 Å². The van der Waals surface area contributed by atoms with Gasteiger partial charge in [0, 0.05) is 19.3 Å². The molecule has 0 aliphatic carbocycles. The molecular formula is C22H22FN5O2S. The molecule has 0 saturated carbocycles. The molecule has 0 spiro atoms. The molecule has 2 heterocycles. The minimum Gasteiger partial charge on any atom is -0.323 e. The van der Waals surface area contributed by atoms with E-state index in [1.165, 1.54) is 29.5 Å². The highest BCUT2D eigenvalue weighted by Gasteiger charge is 2.23. The van der Waals surface area contributed by atoms with Crippen LogP contribution in [-0.2, 0) is 29.5 Å². The van der Waals surface area contributed by atoms with Crippen molar-refractivity contribution in [3.63, 3.8) is 0 Å². The molecule has 1 N–H and O–H groups in total. The summed E-state index contributed by atoms with van der Waals surface area (Å²) in [7, 11) is 1.74. The van der Waals surface area contributed by atoms with Gasteiger partial charge in [0.15, 0.2) is 5.16 Å². The van der Waals surface area contributed by atoms with Crippen molar-refractivity contribution in [3.05, 3.63) is 65.7 Å². The van der Waals surface area contributed by atoms with Crippen LogP contribution in [0.1, 0.15) is 17.8 Å². The van der Waals surface area contributed by atoms with E-state index in [2.05, 4.69) is 21.6 Å². The fraction of sp³-hybridized carbons (Fsp3) is 0.273. The number of fused-ring (bicyclic) bond motifs is 1. The number of rotatable bonds is 6. The minimum absolute atomic E-state index is 0.0130. The van der Waals surface area contributed by atoms with Crippen LogP contribution in [0.5, 0.6) is 0 Å². The maximum absolute atomic E-state index is 13.7. The number of nitrogens with zero attached hydrogens (tertiary/aromatic N) is 4. The van der Waals surface area contributed by atoms with Gasteiger partial charge in [-0.15, -0.1) is 10.2 Å². The van der Waals surface area contributed by atoms with Gasteiger partial charge in [0.2, 0.25) is 11.8 Å². The number of hydrogen-bond acceptors (Lipinski definition) is 5. The molecule has 0 unspecified atom stereocenters. The number of amides is 2. The van der Waals surface area contributed by atoms with E-state index in [4.69, 9.17) is 0 Å². The predicted octanol–water partition coefficient (Wildman–Crippen LogP) is 3.21. The fourth-order valence-electron chi connectivity index (χ4n) is 3.52. The van der Waals surface area contributed by atoms with E-state index < -0.39 is 11.7 Å². The molecule has 4 rings (SSSR count). The summed E-state index contributed by atoms with van der Waals surface area (Å²) in [5.41, 5.74) is 2.29. The van der Waals surface area contributed by atoms with Gasteiger partial charge in [-0.25, -0.2) is 4.39 Å². The summed E-state index contributed by atoms with van der Waals surface area (Å²) in [6.07, 6.45) is 1.87. The van der Waals surface area contributed by atoms with Crippen molar-refractivity contribution in [2.75, 3.05) is 22.5 Å². The molecule has 3 aromatic rings. The molecule has 160 valence electrons. The van der Waals surface area contributed by atoms with Gasteiger partial charge in [0.05, 0.1) is 17.9 Å². The number of carbonyl (C=O) groups is 2. The number of aromatic nitrogens is 3. The Balaban J connectivity index is 1.36. The van der Waals surface area contributed by atoms with Crippen LogP contribution >= 0.6 is 11.8 Å². The number of thioether (sulfide) groups is 1. The van der Waals surface area contributed by atoms with Gasteiger partial charge >= 0.3 is 0 Å². The highest BCUT2D eigenvalue weighted by atomic mass is 32.2. The zero-order valence-corrected chi connectivity index (χ0v) is 17.9. The van der Waals surface area contributed by atoms with Crippen molar-refractivity contribution >= 4 is 35.0 Å². The first-order chi connectivity index (χ1) is 15.0. The highest BCUT2D eigenvalue weighted by Crippen LogP contribution is 2.28. The smallest absolute Gasteiger partial charge is 0.237 e. The maximum atomic E-state index is 13.7. The number of aryl methyl sites for hydroxylation is 1. The van der Waals surface area contributed by atoms with E-state index in [0.717, 1.165) is 18.5 Å². The predicted molar refractivity (Wildman–Crippen MR) is 118 cm³/mol. The lowest BCUT2D eigenvalue weighted by molar-refractivity contribution is -0.116. The fourth-order valence-corrected chi connectivity index (χ4v) is 4.33. The van der Waals surface area contributed by atoms with E-state index in [1.807, 2.05) is 23.1 Å². The van der Waals surface area contributed by atoms with Gasteiger partial charge in [-0.05, 0) is 36.6 Å². The van der Waals surface area contributed by atoms with Crippen LogP contribution in [0.25, 0.3) is 0 Å². The number of hydrogen-bond donors (Lipinski definition) is 1. The average Bonchev–Trinajstić information content (AvgIpc) is 3.12. The monoisotopic (exact) mass is 439 g/mol. The van der Waals surface area contributed by atoms with Gasteiger partial charge in [0.25, 0.3) is 0 Å². The number of para-hydroxylation sites is 2. The summed E-state index contributed by atoms with van der Waals surface area (Å²) >= 11 is 1.28. The molecule has 0 bridgehead atoms. The van der Waals surface area contributed by atoms with Crippen molar-refractivity contribution in [3.8, 4) is 0 Å². The van der Waals surface area contributed by atoms with Crippen LogP contribution in [-0.4, -0.2) is 38.9 Å². The lowest BCUT2D eigenvalue weighted by Crippen LogP contribution is -2.36. The van der Waals surface area contributed by atoms with Crippen molar-refractivity contribution in [1.82, 2.24) is 14.8 Å². The van der Waals surface area contributed by atoms with Crippen LogP contribution in [0.4, 0.5) is 15.8 Å². The summed E-state index contributed by atoms with van der Waals surface area (Å²) in [4.78, 5) is 26.9. The molecule has 2 aromatic carbocycles. The molecule has 2 amide bonds. The molecule has 1 aromatic heterocycles.